The summed E-state index contributed by atoms with van der Waals surface area (Å²) in [5.74, 6) is 0.506. The fraction of sp³-hybridized carbons (Fsp3) is 0.333. The number of aromatic nitrogens is 1. The molecule has 0 aliphatic heterocycles. The highest BCUT2D eigenvalue weighted by atomic mass is 35.5. The molecule has 0 amide bonds. The van der Waals surface area contributed by atoms with Crippen molar-refractivity contribution in [1.82, 2.24) is 4.98 Å². The number of fused-ring (bicyclic) bond motifs is 1. The van der Waals surface area contributed by atoms with Gasteiger partial charge in [0.25, 0.3) is 0 Å². The minimum atomic E-state index is 0.506. The normalized spacial score (nSPS) is 11.5. The minimum Gasteiger partial charge on any atom is -0.360 e. The highest BCUT2D eigenvalue weighted by Crippen LogP contribution is 2.33. The van der Waals surface area contributed by atoms with Crippen molar-refractivity contribution >= 4 is 22.5 Å². The molecular weight excluding hydrogens is 194 g/mol. The van der Waals surface area contributed by atoms with Crippen molar-refractivity contribution in [2.24, 2.45) is 0 Å². The molecule has 1 N–H and O–H groups in total. The summed E-state index contributed by atoms with van der Waals surface area (Å²) < 4.78 is 0. The van der Waals surface area contributed by atoms with Gasteiger partial charge in [0, 0.05) is 17.1 Å². The predicted molar refractivity (Wildman–Crippen MR) is 62.1 cm³/mol. The zero-order valence-electron chi connectivity index (χ0n) is 8.69. The number of aromatic amines is 1. The van der Waals surface area contributed by atoms with Gasteiger partial charge in [-0.2, -0.15) is 0 Å². The average molecular weight is 208 g/mol. The third kappa shape index (κ3) is 1.32. The van der Waals surface area contributed by atoms with Crippen molar-refractivity contribution in [3.05, 3.63) is 34.5 Å². The van der Waals surface area contributed by atoms with Crippen LogP contribution >= 0.6 is 11.6 Å². The van der Waals surface area contributed by atoms with Gasteiger partial charge in [-0.05, 0) is 30.0 Å². The SMILES string of the molecule is Cc1ccc2[nH]cc(Cl)c2c1C(C)C. The van der Waals surface area contributed by atoms with Crippen molar-refractivity contribution < 1.29 is 0 Å². The van der Waals surface area contributed by atoms with E-state index in [4.69, 9.17) is 11.6 Å². The largest absolute Gasteiger partial charge is 0.360 e. The van der Waals surface area contributed by atoms with Crippen LogP contribution in [0.5, 0.6) is 0 Å². The van der Waals surface area contributed by atoms with Gasteiger partial charge in [-0.3, -0.25) is 0 Å². The molecule has 0 bridgehead atoms. The Morgan fingerprint density at radius 3 is 2.64 bits per heavy atom. The van der Waals surface area contributed by atoms with E-state index < -0.39 is 0 Å². The van der Waals surface area contributed by atoms with E-state index in [1.807, 2.05) is 6.20 Å². The van der Waals surface area contributed by atoms with Crippen LogP contribution in [0.3, 0.4) is 0 Å². The van der Waals surface area contributed by atoms with Crippen LogP contribution in [0.2, 0.25) is 5.02 Å². The van der Waals surface area contributed by atoms with Crippen LogP contribution in [-0.2, 0) is 0 Å². The molecule has 1 heterocycles. The Kier molecular flexibility index (Phi) is 2.28. The summed E-state index contributed by atoms with van der Waals surface area (Å²) in [7, 11) is 0. The fourth-order valence-electron chi connectivity index (χ4n) is 2.06. The molecule has 2 aromatic rings. The summed E-state index contributed by atoms with van der Waals surface area (Å²) in [6, 6.07) is 4.23. The number of nitrogens with one attached hydrogen (secondary N) is 1. The lowest BCUT2D eigenvalue weighted by molar-refractivity contribution is 0.867. The van der Waals surface area contributed by atoms with E-state index in [9.17, 15) is 0 Å². The van der Waals surface area contributed by atoms with Crippen molar-refractivity contribution in [1.29, 1.82) is 0 Å². The van der Waals surface area contributed by atoms with Gasteiger partial charge < -0.3 is 4.98 Å². The molecule has 0 aliphatic rings. The number of halogens is 1. The Morgan fingerprint density at radius 1 is 1.29 bits per heavy atom. The molecule has 1 nitrogen and oxygen atoms in total. The quantitative estimate of drug-likeness (QED) is 0.720. The van der Waals surface area contributed by atoms with Crippen LogP contribution in [-0.4, -0.2) is 4.98 Å². The van der Waals surface area contributed by atoms with Gasteiger partial charge in [0.1, 0.15) is 0 Å². The average Bonchev–Trinajstić information content (AvgIpc) is 2.47. The van der Waals surface area contributed by atoms with Gasteiger partial charge >= 0.3 is 0 Å². The van der Waals surface area contributed by atoms with Crippen LogP contribution in [0.15, 0.2) is 18.3 Å². The Balaban J connectivity index is 2.87. The summed E-state index contributed by atoms with van der Waals surface area (Å²) in [6.45, 7) is 6.54. The van der Waals surface area contributed by atoms with Gasteiger partial charge in [0.15, 0.2) is 0 Å². The highest BCUT2D eigenvalue weighted by Gasteiger charge is 2.12. The summed E-state index contributed by atoms with van der Waals surface area (Å²) in [4.78, 5) is 3.18. The third-order valence-corrected chi connectivity index (χ3v) is 2.93. The zero-order chi connectivity index (χ0) is 10.3. The Bertz CT molecular complexity index is 468. The molecule has 0 spiro atoms. The van der Waals surface area contributed by atoms with Crippen molar-refractivity contribution in [2.45, 2.75) is 26.7 Å². The standard InChI is InChI=1S/C12H14ClN/c1-7(2)11-8(3)4-5-10-12(11)9(13)6-14-10/h4-7,14H,1-3H3. The van der Waals surface area contributed by atoms with E-state index in [0.29, 0.717) is 5.92 Å². The third-order valence-electron chi connectivity index (χ3n) is 2.63. The molecule has 0 radical (unpaired) electrons. The second kappa shape index (κ2) is 3.32. The maximum atomic E-state index is 6.16. The van der Waals surface area contributed by atoms with Crippen LogP contribution in [0, 0.1) is 6.92 Å². The lowest BCUT2D eigenvalue weighted by Gasteiger charge is -2.11. The summed E-state index contributed by atoms with van der Waals surface area (Å²) >= 11 is 6.16. The van der Waals surface area contributed by atoms with Crippen LogP contribution in [0.25, 0.3) is 10.9 Å². The number of hydrogen-bond acceptors (Lipinski definition) is 0. The van der Waals surface area contributed by atoms with E-state index in [2.05, 4.69) is 37.9 Å². The number of H-pyrrole nitrogens is 1. The van der Waals surface area contributed by atoms with E-state index in [1.54, 1.807) is 0 Å². The number of benzene rings is 1. The lowest BCUT2D eigenvalue weighted by atomic mass is 9.94. The lowest BCUT2D eigenvalue weighted by Crippen LogP contribution is -1.92. The molecule has 14 heavy (non-hydrogen) atoms. The maximum absolute atomic E-state index is 6.16. The van der Waals surface area contributed by atoms with Crippen LogP contribution < -0.4 is 0 Å². The first-order valence-corrected chi connectivity index (χ1v) is 5.25. The van der Waals surface area contributed by atoms with E-state index in [0.717, 1.165) is 10.5 Å². The van der Waals surface area contributed by atoms with Crippen molar-refractivity contribution in [2.75, 3.05) is 0 Å². The zero-order valence-corrected chi connectivity index (χ0v) is 9.44. The summed E-state index contributed by atoms with van der Waals surface area (Å²) in [5, 5.41) is 2.01. The summed E-state index contributed by atoms with van der Waals surface area (Å²) in [6.07, 6.45) is 1.86. The van der Waals surface area contributed by atoms with E-state index in [-0.39, 0.29) is 0 Å². The number of hydrogen-bond donors (Lipinski definition) is 1. The number of aryl methyl sites for hydroxylation is 1. The molecule has 0 aliphatic carbocycles. The molecule has 0 atom stereocenters. The monoisotopic (exact) mass is 207 g/mol. The molecular formula is C12H14ClN. The van der Waals surface area contributed by atoms with Gasteiger partial charge in [0.05, 0.1) is 5.02 Å². The van der Waals surface area contributed by atoms with E-state index in [1.165, 1.54) is 16.5 Å². The molecule has 74 valence electrons. The minimum absolute atomic E-state index is 0.506. The molecule has 2 heteroatoms. The predicted octanol–water partition coefficient (Wildman–Crippen LogP) is 4.25. The molecule has 1 aromatic carbocycles. The fourth-order valence-corrected chi connectivity index (χ4v) is 2.32. The van der Waals surface area contributed by atoms with Crippen LogP contribution in [0.4, 0.5) is 0 Å². The van der Waals surface area contributed by atoms with Crippen LogP contribution in [0.1, 0.15) is 30.9 Å². The second-order valence-electron chi connectivity index (χ2n) is 4.01. The summed E-state index contributed by atoms with van der Waals surface area (Å²) in [5.41, 5.74) is 3.80. The highest BCUT2D eigenvalue weighted by molar-refractivity contribution is 6.35. The molecule has 2 rings (SSSR count). The molecule has 0 fully saturated rings. The molecule has 0 saturated carbocycles. The molecule has 0 saturated heterocycles. The Hall–Kier alpha value is -0.950. The first kappa shape index (κ1) is 9.60. The molecule has 1 aromatic heterocycles. The van der Waals surface area contributed by atoms with Gasteiger partial charge in [-0.1, -0.05) is 31.5 Å². The first-order valence-electron chi connectivity index (χ1n) is 4.87. The smallest absolute Gasteiger partial charge is 0.0662 e. The van der Waals surface area contributed by atoms with Gasteiger partial charge in [-0.15, -0.1) is 0 Å². The topological polar surface area (TPSA) is 15.8 Å². The van der Waals surface area contributed by atoms with Crippen molar-refractivity contribution in [3.8, 4) is 0 Å². The van der Waals surface area contributed by atoms with Gasteiger partial charge in [-0.25, -0.2) is 0 Å². The Labute approximate surface area is 89.1 Å². The maximum Gasteiger partial charge on any atom is 0.0662 e. The molecule has 0 unspecified atom stereocenters. The number of rotatable bonds is 1. The van der Waals surface area contributed by atoms with Gasteiger partial charge in [0.2, 0.25) is 0 Å². The Morgan fingerprint density at radius 2 is 2.00 bits per heavy atom. The first-order chi connectivity index (χ1) is 6.61. The van der Waals surface area contributed by atoms with E-state index >= 15 is 0 Å². The second-order valence-corrected chi connectivity index (χ2v) is 4.42. The van der Waals surface area contributed by atoms with Crippen molar-refractivity contribution in [3.63, 3.8) is 0 Å².